The highest BCUT2D eigenvalue weighted by molar-refractivity contribution is 5.93. The Kier molecular flexibility index (Phi) is 3.66. The van der Waals surface area contributed by atoms with Gasteiger partial charge in [0.25, 0.3) is 0 Å². The summed E-state index contributed by atoms with van der Waals surface area (Å²) in [7, 11) is 0. The summed E-state index contributed by atoms with van der Waals surface area (Å²) in [6.07, 6.45) is 8.69. The Morgan fingerprint density at radius 2 is 1.44 bits per heavy atom. The van der Waals surface area contributed by atoms with Crippen molar-refractivity contribution in [3.8, 4) is 23.6 Å². The van der Waals surface area contributed by atoms with E-state index in [1.165, 1.54) is 34.9 Å². The predicted molar refractivity (Wildman–Crippen MR) is 113 cm³/mol. The molecular formula is C26H21N. The van der Waals surface area contributed by atoms with Crippen LogP contribution in [0.1, 0.15) is 24.0 Å². The molecule has 0 amide bonds. The van der Waals surface area contributed by atoms with Gasteiger partial charge < -0.3 is 4.98 Å². The van der Waals surface area contributed by atoms with Crippen LogP contribution in [0.5, 0.6) is 0 Å². The minimum atomic E-state index is -0.411. The first kappa shape index (κ1) is 16.0. The summed E-state index contributed by atoms with van der Waals surface area (Å²) in [5.74, 6) is 3.76. The Morgan fingerprint density at radius 1 is 0.815 bits per heavy atom. The Bertz CT molecular complexity index is 1130. The van der Waals surface area contributed by atoms with Crippen LogP contribution < -0.4 is 0 Å². The molecule has 0 aliphatic heterocycles. The maximum atomic E-state index is 6.35. The van der Waals surface area contributed by atoms with Gasteiger partial charge in [0.15, 0.2) is 0 Å². The third-order valence-corrected chi connectivity index (χ3v) is 5.81. The van der Waals surface area contributed by atoms with Crippen LogP contribution in [-0.4, -0.2) is 4.98 Å². The van der Waals surface area contributed by atoms with Crippen molar-refractivity contribution in [2.24, 2.45) is 5.92 Å². The zero-order valence-electron chi connectivity index (χ0n) is 15.2. The number of aromatic amines is 1. The quantitative estimate of drug-likeness (QED) is 0.425. The summed E-state index contributed by atoms with van der Waals surface area (Å²) in [5.41, 5.74) is 5.52. The number of terminal acetylenes is 1. The Labute approximate surface area is 160 Å². The Morgan fingerprint density at radius 3 is 2.11 bits per heavy atom. The van der Waals surface area contributed by atoms with Crippen molar-refractivity contribution < 1.29 is 0 Å². The van der Waals surface area contributed by atoms with Crippen molar-refractivity contribution in [3.63, 3.8) is 0 Å². The first-order valence-corrected chi connectivity index (χ1v) is 9.54. The van der Waals surface area contributed by atoms with Crippen molar-refractivity contribution in [3.05, 3.63) is 96.1 Å². The zero-order valence-corrected chi connectivity index (χ0v) is 15.2. The van der Waals surface area contributed by atoms with Gasteiger partial charge in [-0.25, -0.2) is 0 Å². The second-order valence-electron chi connectivity index (χ2n) is 7.38. The summed E-state index contributed by atoms with van der Waals surface area (Å²) in [5, 5.41) is 1.23. The van der Waals surface area contributed by atoms with Gasteiger partial charge in [-0.2, -0.15) is 0 Å². The van der Waals surface area contributed by atoms with Gasteiger partial charge in [-0.3, -0.25) is 0 Å². The van der Waals surface area contributed by atoms with Gasteiger partial charge in [0.1, 0.15) is 0 Å². The third kappa shape index (κ3) is 2.41. The molecule has 4 aromatic rings. The fraction of sp³-hybridized carbons (Fsp3) is 0.154. The lowest BCUT2D eigenvalue weighted by Gasteiger charge is -2.31. The predicted octanol–water partition coefficient (Wildman–Crippen LogP) is 6.16. The van der Waals surface area contributed by atoms with Gasteiger partial charge in [-0.05, 0) is 36.0 Å². The topological polar surface area (TPSA) is 15.8 Å². The van der Waals surface area contributed by atoms with E-state index >= 15 is 0 Å². The van der Waals surface area contributed by atoms with Gasteiger partial charge >= 0.3 is 0 Å². The molecular weight excluding hydrogens is 326 g/mol. The number of hydrogen-bond acceptors (Lipinski definition) is 0. The molecule has 0 spiro atoms. The molecule has 1 heterocycles. The van der Waals surface area contributed by atoms with E-state index in [2.05, 4.69) is 95.8 Å². The van der Waals surface area contributed by atoms with Crippen LogP contribution in [0.25, 0.3) is 22.2 Å². The molecule has 27 heavy (non-hydrogen) atoms. The van der Waals surface area contributed by atoms with Crippen LogP contribution in [0.3, 0.4) is 0 Å². The van der Waals surface area contributed by atoms with Crippen LogP contribution in [0.4, 0.5) is 0 Å². The molecule has 5 rings (SSSR count). The zero-order chi connectivity index (χ0) is 18.3. The third-order valence-electron chi connectivity index (χ3n) is 5.81. The van der Waals surface area contributed by atoms with Crippen LogP contribution in [0.15, 0.2) is 84.9 Å². The Hall–Kier alpha value is -3.24. The smallest absolute Gasteiger partial charge is 0.0864 e. The van der Waals surface area contributed by atoms with Crippen molar-refractivity contribution >= 4 is 10.9 Å². The second kappa shape index (κ2) is 6.18. The van der Waals surface area contributed by atoms with Crippen LogP contribution >= 0.6 is 0 Å². The molecule has 3 aromatic carbocycles. The van der Waals surface area contributed by atoms with E-state index in [0.29, 0.717) is 5.92 Å². The number of fused-ring (bicyclic) bond motifs is 1. The summed E-state index contributed by atoms with van der Waals surface area (Å²) in [6.45, 7) is 0. The number of hydrogen-bond donors (Lipinski definition) is 1. The van der Waals surface area contributed by atoms with Gasteiger partial charge in [0, 0.05) is 16.5 Å². The van der Waals surface area contributed by atoms with Gasteiger partial charge in [-0.15, -0.1) is 6.42 Å². The van der Waals surface area contributed by atoms with Gasteiger partial charge in [0.05, 0.1) is 11.1 Å². The molecule has 1 aliphatic carbocycles. The van der Waals surface area contributed by atoms with Crippen LogP contribution in [-0.2, 0) is 5.41 Å². The molecule has 1 aliphatic rings. The number of para-hydroxylation sites is 1. The molecule has 1 aromatic heterocycles. The monoisotopic (exact) mass is 347 g/mol. The molecule has 0 radical (unpaired) electrons. The molecule has 1 atom stereocenters. The van der Waals surface area contributed by atoms with E-state index in [0.717, 1.165) is 11.2 Å². The van der Waals surface area contributed by atoms with Crippen molar-refractivity contribution in [1.82, 2.24) is 4.98 Å². The number of rotatable bonds is 4. The molecule has 1 nitrogen and oxygen atoms in total. The van der Waals surface area contributed by atoms with Crippen molar-refractivity contribution in [2.45, 2.75) is 18.3 Å². The first-order chi connectivity index (χ1) is 13.3. The normalized spacial score (nSPS) is 16.0. The van der Waals surface area contributed by atoms with Gasteiger partial charge in [-0.1, -0.05) is 84.8 Å². The van der Waals surface area contributed by atoms with E-state index < -0.39 is 5.41 Å². The molecule has 1 N–H and O–H groups in total. The molecule has 1 saturated carbocycles. The van der Waals surface area contributed by atoms with E-state index in [1.807, 2.05) is 0 Å². The van der Waals surface area contributed by atoms with Crippen LogP contribution in [0, 0.1) is 18.3 Å². The number of benzene rings is 3. The number of H-pyrrole nitrogens is 1. The molecule has 1 fully saturated rings. The lowest BCUT2D eigenvalue weighted by atomic mass is 9.69. The lowest BCUT2D eigenvalue weighted by Crippen LogP contribution is -2.29. The fourth-order valence-corrected chi connectivity index (χ4v) is 4.45. The maximum absolute atomic E-state index is 6.35. The summed E-state index contributed by atoms with van der Waals surface area (Å²) < 4.78 is 0. The molecule has 0 saturated heterocycles. The second-order valence-corrected chi connectivity index (χ2v) is 7.38. The highest BCUT2D eigenvalue weighted by Gasteiger charge is 2.49. The average molecular weight is 347 g/mol. The Balaban J connectivity index is 1.89. The molecule has 1 unspecified atom stereocenters. The standard InChI is InChI=1S/C26H21N/c1-2-26(21-17-18-21,20-13-7-4-8-14-20)24-22-15-9-10-16-23(22)27-25(24)19-11-5-3-6-12-19/h1,3-16,21,27H,17-18H2. The van der Waals surface area contributed by atoms with Crippen LogP contribution in [0.2, 0.25) is 0 Å². The fourth-order valence-electron chi connectivity index (χ4n) is 4.45. The van der Waals surface area contributed by atoms with E-state index in [9.17, 15) is 0 Å². The van der Waals surface area contributed by atoms with Gasteiger partial charge in [0.2, 0.25) is 0 Å². The summed E-state index contributed by atoms with van der Waals surface area (Å²) in [6, 6.07) is 29.7. The van der Waals surface area contributed by atoms with Crippen molar-refractivity contribution in [1.29, 1.82) is 0 Å². The van der Waals surface area contributed by atoms with E-state index in [-0.39, 0.29) is 0 Å². The number of nitrogens with one attached hydrogen (secondary N) is 1. The molecule has 0 bridgehead atoms. The SMILES string of the molecule is C#CC(c1ccccc1)(c1c(-c2ccccc2)[nH]c2ccccc12)C1CC1. The first-order valence-electron chi connectivity index (χ1n) is 9.54. The highest BCUT2D eigenvalue weighted by atomic mass is 14.7. The number of aromatic nitrogens is 1. The minimum Gasteiger partial charge on any atom is -0.354 e. The minimum absolute atomic E-state index is 0.411. The average Bonchev–Trinajstić information content (AvgIpc) is 3.52. The molecule has 130 valence electrons. The highest BCUT2D eigenvalue weighted by Crippen LogP contribution is 2.55. The van der Waals surface area contributed by atoms with E-state index in [1.54, 1.807) is 0 Å². The maximum Gasteiger partial charge on any atom is 0.0864 e. The lowest BCUT2D eigenvalue weighted by molar-refractivity contribution is 0.584. The summed E-state index contributed by atoms with van der Waals surface area (Å²) in [4.78, 5) is 3.68. The largest absolute Gasteiger partial charge is 0.354 e. The molecule has 1 heteroatoms. The van der Waals surface area contributed by atoms with E-state index in [4.69, 9.17) is 6.42 Å². The summed E-state index contributed by atoms with van der Waals surface area (Å²) >= 11 is 0. The van der Waals surface area contributed by atoms with Crippen molar-refractivity contribution in [2.75, 3.05) is 0 Å².